The Labute approximate surface area is 108 Å². The third-order valence-electron chi connectivity index (χ3n) is 2.81. The molecule has 0 saturated carbocycles. The van der Waals surface area contributed by atoms with Crippen LogP contribution in [0.25, 0.3) is 0 Å². The van der Waals surface area contributed by atoms with Crippen LogP contribution in [0.15, 0.2) is 12.3 Å². The third-order valence-corrected chi connectivity index (χ3v) is 3.88. The van der Waals surface area contributed by atoms with Crippen LogP contribution in [0, 0.1) is 0 Å². The second-order valence-electron chi connectivity index (χ2n) is 4.23. The molecule has 1 amide bonds. The standard InChI is InChI=1S/C11H13N5OS/c12-9-4-5-16(15-9)6-10(17)14-11-13-7-2-1-3-8(7)18-11/h4-5H,1-3,6H2,(H2,12,15)(H,13,14,17). The first kappa shape index (κ1) is 11.2. The van der Waals surface area contributed by atoms with E-state index in [1.54, 1.807) is 23.6 Å². The number of hydrogen-bond donors (Lipinski definition) is 2. The highest BCUT2D eigenvalue weighted by molar-refractivity contribution is 7.15. The van der Waals surface area contributed by atoms with Crippen molar-refractivity contribution in [1.29, 1.82) is 0 Å². The van der Waals surface area contributed by atoms with Gasteiger partial charge in [0.1, 0.15) is 12.4 Å². The molecule has 0 spiro atoms. The Kier molecular flexibility index (Phi) is 2.75. The quantitative estimate of drug-likeness (QED) is 0.866. The van der Waals surface area contributed by atoms with Crippen LogP contribution in [0.4, 0.5) is 10.9 Å². The molecule has 1 aliphatic carbocycles. The summed E-state index contributed by atoms with van der Waals surface area (Å²) in [4.78, 5) is 17.5. The molecule has 94 valence electrons. The van der Waals surface area contributed by atoms with Gasteiger partial charge in [-0.05, 0) is 25.3 Å². The molecule has 0 aliphatic heterocycles. The number of carbonyl (C=O) groups is 1. The molecule has 0 saturated heterocycles. The fourth-order valence-electron chi connectivity index (χ4n) is 2.02. The van der Waals surface area contributed by atoms with Gasteiger partial charge in [0.15, 0.2) is 5.13 Å². The molecular weight excluding hydrogens is 250 g/mol. The lowest BCUT2D eigenvalue weighted by molar-refractivity contribution is -0.116. The number of anilines is 2. The fraction of sp³-hybridized carbons (Fsp3) is 0.364. The van der Waals surface area contributed by atoms with E-state index in [1.165, 1.54) is 16.0 Å². The van der Waals surface area contributed by atoms with Gasteiger partial charge in [-0.15, -0.1) is 11.3 Å². The number of hydrogen-bond acceptors (Lipinski definition) is 5. The molecular formula is C11H13N5OS. The molecule has 6 nitrogen and oxygen atoms in total. The number of aromatic nitrogens is 3. The topological polar surface area (TPSA) is 85.8 Å². The minimum absolute atomic E-state index is 0.134. The van der Waals surface area contributed by atoms with Crippen molar-refractivity contribution in [2.24, 2.45) is 0 Å². The first-order chi connectivity index (χ1) is 8.70. The maximum atomic E-state index is 11.8. The molecule has 2 heterocycles. The molecule has 0 radical (unpaired) electrons. The zero-order chi connectivity index (χ0) is 12.5. The number of aryl methyl sites for hydroxylation is 2. The number of nitrogens with one attached hydrogen (secondary N) is 1. The fourth-order valence-corrected chi connectivity index (χ4v) is 3.08. The van der Waals surface area contributed by atoms with Gasteiger partial charge >= 0.3 is 0 Å². The lowest BCUT2D eigenvalue weighted by Crippen LogP contribution is -2.19. The maximum Gasteiger partial charge on any atom is 0.247 e. The molecule has 3 rings (SSSR count). The van der Waals surface area contributed by atoms with Gasteiger partial charge in [0, 0.05) is 11.1 Å². The molecule has 1 aliphatic rings. The molecule has 0 bridgehead atoms. The highest BCUT2D eigenvalue weighted by atomic mass is 32.1. The van der Waals surface area contributed by atoms with E-state index in [0.29, 0.717) is 10.9 Å². The number of thiazole rings is 1. The van der Waals surface area contributed by atoms with Crippen molar-refractivity contribution in [2.75, 3.05) is 11.1 Å². The van der Waals surface area contributed by atoms with E-state index in [-0.39, 0.29) is 12.5 Å². The van der Waals surface area contributed by atoms with Crippen LogP contribution in [0.2, 0.25) is 0 Å². The number of amides is 1. The Morgan fingerprint density at radius 1 is 1.56 bits per heavy atom. The maximum absolute atomic E-state index is 11.8. The van der Waals surface area contributed by atoms with Crippen LogP contribution in [0.1, 0.15) is 17.0 Å². The highest BCUT2D eigenvalue weighted by Crippen LogP contribution is 2.30. The number of nitrogens with zero attached hydrogens (tertiary/aromatic N) is 3. The van der Waals surface area contributed by atoms with Crippen molar-refractivity contribution in [3.8, 4) is 0 Å². The van der Waals surface area contributed by atoms with Crippen molar-refractivity contribution in [1.82, 2.24) is 14.8 Å². The third kappa shape index (κ3) is 2.21. The smallest absolute Gasteiger partial charge is 0.247 e. The average molecular weight is 263 g/mol. The summed E-state index contributed by atoms with van der Waals surface area (Å²) in [6.45, 7) is 0.154. The van der Waals surface area contributed by atoms with E-state index in [4.69, 9.17) is 5.73 Å². The largest absolute Gasteiger partial charge is 0.382 e. The number of fused-ring (bicyclic) bond motifs is 1. The second kappa shape index (κ2) is 4.41. The molecule has 2 aromatic heterocycles. The molecule has 3 N–H and O–H groups in total. The number of carbonyl (C=O) groups excluding carboxylic acids is 1. The lowest BCUT2D eigenvalue weighted by Gasteiger charge is -2.01. The lowest BCUT2D eigenvalue weighted by atomic mass is 10.4. The van der Waals surface area contributed by atoms with Gasteiger partial charge in [-0.1, -0.05) is 0 Å². The minimum atomic E-state index is -0.134. The normalized spacial score (nSPS) is 13.6. The molecule has 0 aromatic carbocycles. The molecule has 0 atom stereocenters. The summed E-state index contributed by atoms with van der Waals surface area (Å²) in [7, 11) is 0. The molecule has 0 fully saturated rings. The van der Waals surface area contributed by atoms with Gasteiger partial charge in [0.25, 0.3) is 0 Å². The molecule has 18 heavy (non-hydrogen) atoms. The Morgan fingerprint density at radius 2 is 2.44 bits per heavy atom. The molecule has 0 unspecified atom stereocenters. The SMILES string of the molecule is Nc1ccn(CC(=O)Nc2nc3c(s2)CCC3)n1. The first-order valence-corrected chi connectivity index (χ1v) is 6.60. The highest BCUT2D eigenvalue weighted by Gasteiger charge is 2.17. The number of nitrogen functional groups attached to an aromatic ring is 1. The number of nitrogens with two attached hydrogens (primary N) is 1. The second-order valence-corrected chi connectivity index (χ2v) is 5.31. The van der Waals surface area contributed by atoms with Crippen LogP contribution in [-0.4, -0.2) is 20.7 Å². The van der Waals surface area contributed by atoms with E-state index in [9.17, 15) is 4.79 Å². The summed E-state index contributed by atoms with van der Waals surface area (Å²) in [5.41, 5.74) is 6.62. The summed E-state index contributed by atoms with van der Waals surface area (Å²) in [5, 5.41) is 7.44. The Bertz CT molecular complexity index is 567. The van der Waals surface area contributed by atoms with Gasteiger partial charge in [-0.3, -0.25) is 9.48 Å². The van der Waals surface area contributed by atoms with Crippen LogP contribution < -0.4 is 11.1 Å². The Morgan fingerprint density at radius 3 is 3.17 bits per heavy atom. The summed E-state index contributed by atoms with van der Waals surface area (Å²) in [6, 6.07) is 1.66. The van der Waals surface area contributed by atoms with Gasteiger partial charge in [0.2, 0.25) is 5.91 Å². The summed E-state index contributed by atoms with van der Waals surface area (Å²) in [6.07, 6.45) is 4.96. The van der Waals surface area contributed by atoms with Crippen molar-refractivity contribution in [3.63, 3.8) is 0 Å². The molecule has 7 heteroatoms. The zero-order valence-corrected chi connectivity index (χ0v) is 10.5. The predicted octanol–water partition coefficient (Wildman–Crippen LogP) is 1.05. The summed E-state index contributed by atoms with van der Waals surface area (Å²) < 4.78 is 1.51. The van der Waals surface area contributed by atoms with Crippen LogP contribution in [0.5, 0.6) is 0 Å². The van der Waals surface area contributed by atoms with E-state index < -0.39 is 0 Å². The zero-order valence-electron chi connectivity index (χ0n) is 9.72. The first-order valence-electron chi connectivity index (χ1n) is 5.78. The number of rotatable bonds is 3. The van der Waals surface area contributed by atoms with Crippen molar-refractivity contribution < 1.29 is 4.79 Å². The van der Waals surface area contributed by atoms with Crippen molar-refractivity contribution in [3.05, 3.63) is 22.8 Å². The minimum Gasteiger partial charge on any atom is -0.382 e. The Hall–Kier alpha value is -1.89. The van der Waals surface area contributed by atoms with Gasteiger partial charge in [0.05, 0.1) is 5.69 Å². The van der Waals surface area contributed by atoms with Crippen LogP contribution >= 0.6 is 11.3 Å². The van der Waals surface area contributed by atoms with E-state index in [2.05, 4.69) is 15.4 Å². The summed E-state index contributed by atoms with van der Waals surface area (Å²) in [5.74, 6) is 0.279. The monoisotopic (exact) mass is 263 g/mol. The van der Waals surface area contributed by atoms with E-state index in [1.807, 2.05) is 0 Å². The predicted molar refractivity (Wildman–Crippen MR) is 69.4 cm³/mol. The van der Waals surface area contributed by atoms with Gasteiger partial charge in [-0.25, -0.2) is 4.98 Å². The van der Waals surface area contributed by atoms with Crippen LogP contribution in [-0.2, 0) is 24.2 Å². The van der Waals surface area contributed by atoms with Crippen LogP contribution in [0.3, 0.4) is 0 Å². The molecule has 2 aromatic rings. The van der Waals surface area contributed by atoms with E-state index in [0.717, 1.165) is 18.5 Å². The van der Waals surface area contributed by atoms with Gasteiger partial charge < -0.3 is 11.1 Å². The van der Waals surface area contributed by atoms with Crippen molar-refractivity contribution >= 4 is 28.2 Å². The van der Waals surface area contributed by atoms with Gasteiger partial charge in [-0.2, -0.15) is 5.10 Å². The average Bonchev–Trinajstić information content (AvgIpc) is 2.94. The van der Waals surface area contributed by atoms with Crippen molar-refractivity contribution in [2.45, 2.75) is 25.8 Å². The van der Waals surface area contributed by atoms with E-state index >= 15 is 0 Å². The Balaban J connectivity index is 1.63. The summed E-state index contributed by atoms with van der Waals surface area (Å²) >= 11 is 1.57.